The van der Waals surface area contributed by atoms with Crippen LogP contribution in [0.1, 0.15) is 72.3 Å². The maximum atomic E-state index is 11.5. The van der Waals surface area contributed by atoms with E-state index in [1.54, 1.807) is 12.1 Å². The van der Waals surface area contributed by atoms with Gasteiger partial charge in [0.1, 0.15) is 28.7 Å². The van der Waals surface area contributed by atoms with E-state index in [1.165, 1.54) is 0 Å². The summed E-state index contributed by atoms with van der Waals surface area (Å²) in [7, 11) is 0. The molecule has 5 rings (SSSR count). The van der Waals surface area contributed by atoms with Crippen LogP contribution in [0.3, 0.4) is 0 Å². The minimum absolute atomic E-state index is 0.249. The van der Waals surface area contributed by atoms with Crippen LogP contribution in [0.25, 0.3) is 0 Å². The van der Waals surface area contributed by atoms with E-state index in [0.717, 1.165) is 72.3 Å². The fraction of sp³-hybridized carbons (Fsp3) is 0.231. The molecule has 5 aromatic carbocycles. The lowest BCUT2D eigenvalue weighted by Gasteiger charge is -2.16. The molecule has 5 aromatic rings. The van der Waals surface area contributed by atoms with Crippen LogP contribution < -0.4 is 0 Å². The van der Waals surface area contributed by atoms with Gasteiger partial charge in [-0.15, -0.1) is 0 Å². The zero-order valence-electron chi connectivity index (χ0n) is 26.0. The number of aryl methyl sites for hydroxylation is 5. The molecular weight excluding hydrogens is 548 g/mol. The van der Waals surface area contributed by atoms with Crippen LogP contribution in [0.4, 0.5) is 0 Å². The molecule has 0 radical (unpaired) electrons. The molecule has 0 fully saturated rings. The Balaban J connectivity index is 1.42. The van der Waals surface area contributed by atoms with Crippen LogP contribution in [0.15, 0.2) is 72.8 Å². The Labute approximate surface area is 259 Å². The van der Waals surface area contributed by atoms with Crippen molar-refractivity contribution in [3.05, 3.63) is 145 Å². The summed E-state index contributed by atoms with van der Waals surface area (Å²) in [5.41, 5.74) is 11.4. The number of rotatable bonds is 8. The molecule has 0 aliphatic rings. The van der Waals surface area contributed by atoms with Crippen molar-refractivity contribution in [1.29, 1.82) is 0 Å². The maximum absolute atomic E-state index is 11.5. The van der Waals surface area contributed by atoms with E-state index >= 15 is 0 Å². The smallest absolute Gasteiger partial charge is 0.122 e. The molecule has 5 heteroatoms. The first-order valence-corrected chi connectivity index (χ1v) is 14.9. The van der Waals surface area contributed by atoms with Crippen LogP contribution in [-0.2, 0) is 25.7 Å². The molecular formula is C39H40O5. The highest BCUT2D eigenvalue weighted by Crippen LogP contribution is 2.34. The summed E-state index contributed by atoms with van der Waals surface area (Å²) >= 11 is 0. The summed E-state index contributed by atoms with van der Waals surface area (Å²) in [4.78, 5) is 0. The first-order chi connectivity index (χ1) is 20.9. The lowest BCUT2D eigenvalue weighted by atomic mass is 9.91. The predicted octanol–water partition coefficient (Wildman–Crippen LogP) is 8.12. The molecule has 44 heavy (non-hydrogen) atoms. The summed E-state index contributed by atoms with van der Waals surface area (Å²) in [5, 5.41) is 52.9. The van der Waals surface area contributed by atoms with Crippen LogP contribution in [0.5, 0.6) is 28.7 Å². The zero-order valence-corrected chi connectivity index (χ0v) is 26.0. The number of phenolic OH excluding ortho intramolecular Hbond substituents is 5. The van der Waals surface area contributed by atoms with E-state index in [9.17, 15) is 25.5 Å². The average Bonchev–Trinajstić information content (AvgIpc) is 2.96. The zero-order chi connectivity index (χ0) is 31.7. The molecule has 0 heterocycles. The van der Waals surface area contributed by atoms with Gasteiger partial charge in [-0.1, -0.05) is 66.2 Å². The quantitative estimate of drug-likeness (QED) is 0.126. The van der Waals surface area contributed by atoms with E-state index in [0.29, 0.717) is 25.7 Å². The fourth-order valence-electron chi connectivity index (χ4n) is 6.08. The van der Waals surface area contributed by atoms with Crippen LogP contribution in [0, 0.1) is 34.6 Å². The van der Waals surface area contributed by atoms with E-state index in [-0.39, 0.29) is 28.7 Å². The number of hydrogen-bond donors (Lipinski definition) is 5. The second kappa shape index (κ2) is 12.4. The fourth-order valence-corrected chi connectivity index (χ4v) is 6.08. The molecule has 0 saturated heterocycles. The third-order valence-corrected chi connectivity index (χ3v) is 8.39. The molecule has 0 atom stereocenters. The van der Waals surface area contributed by atoms with Crippen molar-refractivity contribution in [3.8, 4) is 28.7 Å². The van der Waals surface area contributed by atoms with Gasteiger partial charge < -0.3 is 25.5 Å². The molecule has 0 saturated carbocycles. The van der Waals surface area contributed by atoms with Crippen molar-refractivity contribution in [2.24, 2.45) is 0 Å². The highest BCUT2D eigenvalue weighted by atomic mass is 16.3. The summed E-state index contributed by atoms with van der Waals surface area (Å²) in [5.74, 6) is 1.27. The summed E-state index contributed by atoms with van der Waals surface area (Å²) in [6.07, 6.45) is 2.06. The second-order valence-electron chi connectivity index (χ2n) is 12.2. The monoisotopic (exact) mass is 588 g/mol. The molecule has 0 aliphatic carbocycles. The lowest BCUT2D eigenvalue weighted by molar-refractivity contribution is 0.462. The standard InChI is InChI=1S/C39H40O5/c1-22-10-31(18-29-14-25(4)37(42)33(20-29)16-27-6-8-35(40)23(2)12-27)39(44)32(11-22)19-30-15-26(5)38(43)34(21-30)17-28-7-9-36(41)24(3)13-28/h6-15,20-21,40-44H,16-19H2,1-5H3. The van der Waals surface area contributed by atoms with E-state index in [1.807, 2.05) is 95.3 Å². The van der Waals surface area contributed by atoms with E-state index < -0.39 is 0 Å². The Morgan fingerprint density at radius 2 is 0.705 bits per heavy atom. The van der Waals surface area contributed by atoms with Crippen molar-refractivity contribution in [1.82, 2.24) is 0 Å². The Bertz CT molecular complexity index is 1740. The molecule has 0 amide bonds. The van der Waals surface area contributed by atoms with Gasteiger partial charge in [-0.05, 0) is 114 Å². The molecule has 0 aliphatic heterocycles. The highest BCUT2D eigenvalue weighted by Gasteiger charge is 2.16. The minimum atomic E-state index is 0.249. The maximum Gasteiger partial charge on any atom is 0.122 e. The number of hydrogen-bond acceptors (Lipinski definition) is 5. The van der Waals surface area contributed by atoms with Crippen LogP contribution in [0.2, 0.25) is 0 Å². The largest absolute Gasteiger partial charge is 0.508 e. The number of phenols is 5. The molecule has 226 valence electrons. The number of benzene rings is 5. The molecule has 5 N–H and O–H groups in total. The van der Waals surface area contributed by atoms with Crippen molar-refractivity contribution in [3.63, 3.8) is 0 Å². The van der Waals surface area contributed by atoms with Crippen LogP contribution >= 0.6 is 0 Å². The normalized spacial score (nSPS) is 11.2. The third-order valence-electron chi connectivity index (χ3n) is 8.39. The van der Waals surface area contributed by atoms with E-state index in [2.05, 4.69) is 0 Å². The van der Waals surface area contributed by atoms with Gasteiger partial charge in [0, 0.05) is 25.7 Å². The van der Waals surface area contributed by atoms with E-state index in [4.69, 9.17) is 0 Å². The molecule has 0 aromatic heterocycles. The number of aromatic hydroxyl groups is 5. The Kier molecular flexibility index (Phi) is 8.59. The van der Waals surface area contributed by atoms with Crippen molar-refractivity contribution >= 4 is 0 Å². The third kappa shape index (κ3) is 6.68. The van der Waals surface area contributed by atoms with Gasteiger partial charge in [-0.25, -0.2) is 0 Å². The van der Waals surface area contributed by atoms with Gasteiger partial charge in [-0.3, -0.25) is 0 Å². The minimum Gasteiger partial charge on any atom is -0.508 e. The van der Waals surface area contributed by atoms with Gasteiger partial charge in [0.25, 0.3) is 0 Å². The van der Waals surface area contributed by atoms with Gasteiger partial charge >= 0.3 is 0 Å². The Hall–Kier alpha value is -4.90. The molecule has 0 unspecified atom stereocenters. The van der Waals surface area contributed by atoms with Crippen molar-refractivity contribution in [2.75, 3.05) is 0 Å². The second-order valence-corrected chi connectivity index (χ2v) is 12.2. The molecule has 5 nitrogen and oxygen atoms in total. The predicted molar refractivity (Wildman–Crippen MR) is 175 cm³/mol. The van der Waals surface area contributed by atoms with Crippen molar-refractivity contribution < 1.29 is 25.5 Å². The van der Waals surface area contributed by atoms with Crippen molar-refractivity contribution in [2.45, 2.75) is 60.3 Å². The van der Waals surface area contributed by atoms with Crippen LogP contribution in [-0.4, -0.2) is 25.5 Å². The van der Waals surface area contributed by atoms with Gasteiger partial charge in [0.05, 0.1) is 0 Å². The topological polar surface area (TPSA) is 101 Å². The first kappa shape index (κ1) is 30.6. The lowest BCUT2D eigenvalue weighted by Crippen LogP contribution is -2.00. The van der Waals surface area contributed by atoms with Gasteiger partial charge in [0.15, 0.2) is 0 Å². The summed E-state index contributed by atoms with van der Waals surface area (Å²) < 4.78 is 0. The van der Waals surface area contributed by atoms with Gasteiger partial charge in [-0.2, -0.15) is 0 Å². The highest BCUT2D eigenvalue weighted by molar-refractivity contribution is 5.53. The molecule has 0 bridgehead atoms. The average molecular weight is 589 g/mol. The first-order valence-electron chi connectivity index (χ1n) is 14.9. The Morgan fingerprint density at radius 1 is 0.364 bits per heavy atom. The SMILES string of the molecule is Cc1cc(Cc2cc(C)c(O)c(Cc3ccc(O)c(C)c3)c2)c(O)c(Cc2cc(C)c(O)c(Cc3ccc(O)c(C)c3)c2)c1. The molecule has 0 spiro atoms. The summed E-state index contributed by atoms with van der Waals surface area (Å²) in [6, 6.07) is 22.9. The Morgan fingerprint density at radius 3 is 1.09 bits per heavy atom. The van der Waals surface area contributed by atoms with Gasteiger partial charge in [0.2, 0.25) is 0 Å². The summed E-state index contributed by atoms with van der Waals surface area (Å²) in [6.45, 7) is 9.50.